The minimum atomic E-state index is -0.0546. The molecule has 4 aromatic rings. The lowest BCUT2D eigenvalue weighted by Crippen LogP contribution is -2.22. The Morgan fingerprint density at radius 3 is 2.50 bits per heavy atom. The zero-order chi connectivity index (χ0) is 22.5. The standard InChI is InChI=1S/C24H25N5OS2/c1-4-19-10-12-22(13-11-19)29(18(3)30)23-25-21(15-31-23)16-32-24-27-26-17(2)28(24)14-20-8-6-5-7-9-20/h5-13,15H,4,14,16H2,1-3H3. The third-order valence-corrected chi connectivity index (χ3v) is 6.96. The van der Waals surface area contributed by atoms with E-state index in [2.05, 4.69) is 46.0 Å². The predicted octanol–water partition coefficient (Wildman–Crippen LogP) is 5.63. The van der Waals surface area contributed by atoms with E-state index in [0.717, 1.165) is 35.3 Å². The van der Waals surface area contributed by atoms with Gasteiger partial charge in [-0.2, -0.15) is 0 Å². The van der Waals surface area contributed by atoms with E-state index in [1.54, 1.807) is 23.6 Å². The van der Waals surface area contributed by atoms with Crippen molar-refractivity contribution in [2.75, 3.05) is 4.90 Å². The van der Waals surface area contributed by atoms with Crippen LogP contribution in [0, 0.1) is 6.92 Å². The molecule has 0 saturated carbocycles. The minimum absolute atomic E-state index is 0.0546. The molecule has 0 radical (unpaired) electrons. The molecule has 0 aliphatic heterocycles. The first kappa shape index (κ1) is 22.2. The Labute approximate surface area is 196 Å². The maximum atomic E-state index is 12.4. The summed E-state index contributed by atoms with van der Waals surface area (Å²) >= 11 is 3.08. The van der Waals surface area contributed by atoms with Gasteiger partial charge < -0.3 is 4.57 Å². The average molecular weight is 464 g/mol. The van der Waals surface area contributed by atoms with Crippen molar-refractivity contribution in [3.63, 3.8) is 0 Å². The third-order valence-electron chi connectivity index (χ3n) is 5.08. The van der Waals surface area contributed by atoms with Crippen molar-refractivity contribution in [2.24, 2.45) is 0 Å². The lowest BCUT2D eigenvalue weighted by Gasteiger charge is -2.18. The van der Waals surface area contributed by atoms with Gasteiger partial charge in [-0.1, -0.05) is 61.2 Å². The largest absolute Gasteiger partial charge is 0.302 e. The number of thioether (sulfide) groups is 1. The van der Waals surface area contributed by atoms with Crippen molar-refractivity contribution in [1.29, 1.82) is 0 Å². The van der Waals surface area contributed by atoms with Crippen LogP contribution in [0.25, 0.3) is 0 Å². The Morgan fingerprint density at radius 2 is 1.81 bits per heavy atom. The van der Waals surface area contributed by atoms with Gasteiger partial charge in [0.05, 0.1) is 17.9 Å². The van der Waals surface area contributed by atoms with Gasteiger partial charge in [-0.25, -0.2) is 4.98 Å². The molecule has 0 fully saturated rings. The number of benzene rings is 2. The average Bonchev–Trinajstić information content (AvgIpc) is 3.40. The van der Waals surface area contributed by atoms with E-state index in [0.29, 0.717) is 10.9 Å². The van der Waals surface area contributed by atoms with Crippen molar-refractivity contribution in [3.05, 3.63) is 82.6 Å². The summed E-state index contributed by atoms with van der Waals surface area (Å²) in [7, 11) is 0. The van der Waals surface area contributed by atoms with Gasteiger partial charge in [0.1, 0.15) is 5.82 Å². The number of aryl methyl sites for hydroxylation is 2. The van der Waals surface area contributed by atoms with Crippen LogP contribution in [0.1, 0.15) is 36.5 Å². The number of carbonyl (C=O) groups excluding carboxylic acids is 1. The second-order valence-electron chi connectivity index (χ2n) is 7.39. The van der Waals surface area contributed by atoms with Crippen LogP contribution < -0.4 is 4.90 Å². The van der Waals surface area contributed by atoms with Gasteiger partial charge in [0.15, 0.2) is 10.3 Å². The number of aromatic nitrogens is 4. The molecule has 2 aromatic heterocycles. The minimum Gasteiger partial charge on any atom is -0.302 e. The van der Waals surface area contributed by atoms with Crippen LogP contribution in [-0.4, -0.2) is 25.7 Å². The first-order chi connectivity index (χ1) is 15.5. The van der Waals surface area contributed by atoms with Crippen LogP contribution in [0.15, 0.2) is 65.1 Å². The molecule has 0 aliphatic rings. The molecule has 0 N–H and O–H groups in total. The van der Waals surface area contributed by atoms with Gasteiger partial charge in [-0.3, -0.25) is 9.69 Å². The van der Waals surface area contributed by atoms with Crippen LogP contribution in [0.2, 0.25) is 0 Å². The first-order valence-corrected chi connectivity index (χ1v) is 12.3. The predicted molar refractivity (Wildman–Crippen MR) is 131 cm³/mol. The normalized spacial score (nSPS) is 11.0. The quantitative estimate of drug-likeness (QED) is 0.317. The van der Waals surface area contributed by atoms with E-state index in [4.69, 9.17) is 4.98 Å². The van der Waals surface area contributed by atoms with E-state index in [-0.39, 0.29) is 5.91 Å². The zero-order valence-corrected chi connectivity index (χ0v) is 20.0. The number of carbonyl (C=O) groups is 1. The van der Waals surface area contributed by atoms with Crippen molar-refractivity contribution in [1.82, 2.24) is 19.7 Å². The third kappa shape index (κ3) is 5.08. The fourth-order valence-electron chi connectivity index (χ4n) is 3.33. The molecule has 2 aromatic carbocycles. The molecule has 0 saturated heterocycles. The number of hydrogen-bond donors (Lipinski definition) is 0. The highest BCUT2D eigenvalue weighted by atomic mass is 32.2. The fraction of sp³-hybridized carbons (Fsp3) is 0.250. The molecule has 164 valence electrons. The van der Waals surface area contributed by atoms with Crippen molar-refractivity contribution in [2.45, 2.75) is 44.6 Å². The van der Waals surface area contributed by atoms with E-state index in [1.807, 2.05) is 42.6 Å². The topological polar surface area (TPSA) is 63.9 Å². The van der Waals surface area contributed by atoms with Crippen LogP contribution in [0.3, 0.4) is 0 Å². The van der Waals surface area contributed by atoms with Crippen LogP contribution in [-0.2, 0) is 23.5 Å². The van der Waals surface area contributed by atoms with Crippen molar-refractivity contribution >= 4 is 39.8 Å². The van der Waals surface area contributed by atoms with Gasteiger partial charge in [-0.05, 0) is 36.6 Å². The summed E-state index contributed by atoms with van der Waals surface area (Å²) in [5, 5.41) is 12.1. The maximum absolute atomic E-state index is 12.4. The summed E-state index contributed by atoms with van der Waals surface area (Å²) < 4.78 is 2.12. The Morgan fingerprint density at radius 1 is 1.06 bits per heavy atom. The van der Waals surface area contributed by atoms with Gasteiger partial charge in [-0.15, -0.1) is 21.5 Å². The summed E-state index contributed by atoms with van der Waals surface area (Å²) in [6, 6.07) is 18.4. The summed E-state index contributed by atoms with van der Waals surface area (Å²) in [5.41, 5.74) is 4.20. The number of hydrogen-bond acceptors (Lipinski definition) is 6. The molecule has 0 unspecified atom stereocenters. The Hall–Kier alpha value is -2.97. The molecule has 4 rings (SSSR count). The second kappa shape index (κ2) is 10.1. The Bertz CT molecular complexity index is 1180. The van der Waals surface area contributed by atoms with E-state index < -0.39 is 0 Å². The number of nitrogens with zero attached hydrogens (tertiary/aromatic N) is 5. The molecule has 6 nitrogen and oxygen atoms in total. The van der Waals surface area contributed by atoms with Crippen molar-refractivity contribution in [3.8, 4) is 0 Å². The van der Waals surface area contributed by atoms with Crippen molar-refractivity contribution < 1.29 is 4.79 Å². The smallest absolute Gasteiger partial charge is 0.230 e. The molecule has 32 heavy (non-hydrogen) atoms. The monoisotopic (exact) mass is 463 g/mol. The molecule has 2 heterocycles. The van der Waals surface area contributed by atoms with E-state index >= 15 is 0 Å². The molecule has 0 atom stereocenters. The van der Waals surface area contributed by atoms with Crippen LogP contribution in [0.4, 0.5) is 10.8 Å². The second-order valence-corrected chi connectivity index (χ2v) is 9.17. The number of amides is 1. The molecule has 8 heteroatoms. The van der Waals surface area contributed by atoms with Gasteiger partial charge in [0.2, 0.25) is 5.91 Å². The van der Waals surface area contributed by atoms with Gasteiger partial charge in [0.25, 0.3) is 0 Å². The van der Waals surface area contributed by atoms with E-state index in [9.17, 15) is 4.79 Å². The van der Waals surface area contributed by atoms with Gasteiger partial charge in [0, 0.05) is 18.1 Å². The lowest BCUT2D eigenvalue weighted by molar-refractivity contribution is -0.115. The maximum Gasteiger partial charge on any atom is 0.230 e. The molecule has 0 bridgehead atoms. The number of anilines is 2. The summed E-state index contributed by atoms with van der Waals surface area (Å²) in [6.45, 7) is 6.38. The summed E-state index contributed by atoms with van der Waals surface area (Å²) in [6.07, 6.45) is 0.966. The molecule has 0 spiro atoms. The fourth-order valence-corrected chi connectivity index (χ4v) is 5.20. The highest BCUT2D eigenvalue weighted by Crippen LogP contribution is 2.31. The number of rotatable bonds is 8. The van der Waals surface area contributed by atoms with Gasteiger partial charge >= 0.3 is 0 Å². The zero-order valence-electron chi connectivity index (χ0n) is 18.4. The molecule has 1 amide bonds. The molecular weight excluding hydrogens is 438 g/mol. The number of thiazole rings is 1. The SMILES string of the molecule is CCc1ccc(N(C(C)=O)c2nc(CSc3nnc(C)n3Cc3ccccc3)cs2)cc1. The Balaban J connectivity index is 1.48. The molecule has 0 aliphatic carbocycles. The summed E-state index contributed by atoms with van der Waals surface area (Å²) in [5.74, 6) is 1.49. The van der Waals surface area contributed by atoms with E-state index in [1.165, 1.54) is 22.5 Å². The highest BCUT2D eigenvalue weighted by Gasteiger charge is 2.18. The van der Waals surface area contributed by atoms with Crippen LogP contribution in [0.5, 0.6) is 0 Å². The molecular formula is C24H25N5OS2. The van der Waals surface area contributed by atoms with Crippen LogP contribution >= 0.6 is 23.1 Å². The lowest BCUT2D eigenvalue weighted by atomic mass is 10.1. The summed E-state index contributed by atoms with van der Waals surface area (Å²) in [4.78, 5) is 18.8. The first-order valence-electron chi connectivity index (χ1n) is 10.5. The highest BCUT2D eigenvalue weighted by molar-refractivity contribution is 7.98. The Kier molecular flexibility index (Phi) is 7.02.